The normalized spacial score (nSPS) is 10.4. The molecule has 0 radical (unpaired) electrons. The van der Waals surface area contributed by atoms with Crippen molar-refractivity contribution < 1.29 is 9.84 Å². The second-order valence-corrected chi connectivity index (χ2v) is 4.39. The van der Waals surface area contributed by atoms with Crippen LogP contribution in [0.15, 0.2) is 16.6 Å². The van der Waals surface area contributed by atoms with E-state index < -0.39 is 0 Å². The molecule has 16 heavy (non-hydrogen) atoms. The fraction of sp³-hybridized carbons (Fsp3) is 0.500. The number of benzene rings is 1. The first-order chi connectivity index (χ1) is 7.69. The molecule has 1 aromatic rings. The molecule has 0 aromatic heterocycles. The van der Waals surface area contributed by atoms with Crippen LogP contribution in [0.2, 0.25) is 0 Å². The number of phenolic OH excluding ortho intramolecular Hbond substituents is 1. The number of rotatable bonds is 6. The SMILES string of the molecule is CCCNCc1cc(Br)c(O)c(OCC)c1. The summed E-state index contributed by atoms with van der Waals surface area (Å²) in [4.78, 5) is 0. The quantitative estimate of drug-likeness (QED) is 0.790. The van der Waals surface area contributed by atoms with E-state index in [1.54, 1.807) is 0 Å². The van der Waals surface area contributed by atoms with Crippen LogP contribution in [-0.4, -0.2) is 18.3 Å². The molecule has 90 valence electrons. The smallest absolute Gasteiger partial charge is 0.172 e. The zero-order chi connectivity index (χ0) is 12.0. The van der Waals surface area contributed by atoms with Gasteiger partial charge in [-0.25, -0.2) is 0 Å². The Labute approximate surface area is 105 Å². The Kier molecular flexibility index (Phi) is 5.63. The number of hydrogen-bond acceptors (Lipinski definition) is 3. The van der Waals surface area contributed by atoms with E-state index in [1.807, 2.05) is 19.1 Å². The number of aromatic hydroxyl groups is 1. The number of nitrogens with one attached hydrogen (secondary N) is 1. The van der Waals surface area contributed by atoms with E-state index >= 15 is 0 Å². The van der Waals surface area contributed by atoms with Gasteiger partial charge in [0.1, 0.15) is 0 Å². The summed E-state index contributed by atoms with van der Waals surface area (Å²) in [5.41, 5.74) is 1.10. The Morgan fingerprint density at radius 3 is 2.75 bits per heavy atom. The van der Waals surface area contributed by atoms with E-state index in [4.69, 9.17) is 4.74 Å². The molecule has 3 nitrogen and oxygen atoms in total. The number of hydrogen-bond donors (Lipinski definition) is 2. The van der Waals surface area contributed by atoms with Crippen LogP contribution in [0.3, 0.4) is 0 Å². The van der Waals surface area contributed by atoms with Crippen molar-refractivity contribution in [3.8, 4) is 11.5 Å². The van der Waals surface area contributed by atoms with Crippen LogP contribution >= 0.6 is 15.9 Å². The highest BCUT2D eigenvalue weighted by molar-refractivity contribution is 9.10. The van der Waals surface area contributed by atoms with Gasteiger partial charge in [-0.15, -0.1) is 0 Å². The molecule has 0 unspecified atom stereocenters. The molecule has 1 rings (SSSR count). The molecule has 0 fully saturated rings. The van der Waals surface area contributed by atoms with Gasteiger partial charge >= 0.3 is 0 Å². The molecule has 0 aliphatic heterocycles. The van der Waals surface area contributed by atoms with Gasteiger partial charge in [-0.2, -0.15) is 0 Å². The first kappa shape index (κ1) is 13.3. The van der Waals surface area contributed by atoms with Gasteiger partial charge in [-0.05, 0) is 53.5 Å². The third-order valence-electron chi connectivity index (χ3n) is 2.14. The molecule has 0 saturated heterocycles. The lowest BCUT2D eigenvalue weighted by Gasteiger charge is -2.10. The summed E-state index contributed by atoms with van der Waals surface area (Å²) < 4.78 is 6.03. The molecule has 4 heteroatoms. The van der Waals surface area contributed by atoms with Crippen molar-refractivity contribution in [2.24, 2.45) is 0 Å². The predicted octanol–water partition coefficient (Wildman–Crippen LogP) is 3.05. The lowest BCUT2D eigenvalue weighted by atomic mass is 10.2. The van der Waals surface area contributed by atoms with E-state index in [-0.39, 0.29) is 5.75 Å². The van der Waals surface area contributed by atoms with Gasteiger partial charge in [0.25, 0.3) is 0 Å². The topological polar surface area (TPSA) is 41.5 Å². The van der Waals surface area contributed by atoms with Crippen molar-refractivity contribution in [2.45, 2.75) is 26.8 Å². The third-order valence-corrected chi connectivity index (χ3v) is 2.75. The highest BCUT2D eigenvalue weighted by atomic mass is 79.9. The molecular formula is C12H18BrNO2. The maximum absolute atomic E-state index is 9.73. The number of ether oxygens (including phenoxy) is 1. The fourth-order valence-corrected chi connectivity index (χ4v) is 1.89. The summed E-state index contributed by atoms with van der Waals surface area (Å²) in [5, 5.41) is 13.0. The Morgan fingerprint density at radius 2 is 2.12 bits per heavy atom. The average Bonchev–Trinajstić information content (AvgIpc) is 2.26. The monoisotopic (exact) mass is 287 g/mol. The molecule has 0 aliphatic rings. The molecule has 0 heterocycles. The lowest BCUT2D eigenvalue weighted by Crippen LogP contribution is -2.13. The second kappa shape index (κ2) is 6.76. The standard InChI is InChI=1S/C12H18BrNO2/c1-3-5-14-8-9-6-10(13)12(15)11(7-9)16-4-2/h6-7,14-15H,3-5,8H2,1-2H3. The summed E-state index contributed by atoms with van der Waals surface area (Å²) in [5.74, 6) is 0.700. The third kappa shape index (κ3) is 3.68. The van der Waals surface area contributed by atoms with Crippen LogP contribution < -0.4 is 10.1 Å². The second-order valence-electron chi connectivity index (χ2n) is 3.53. The van der Waals surface area contributed by atoms with Gasteiger partial charge in [0.15, 0.2) is 11.5 Å². The van der Waals surface area contributed by atoms with Crippen molar-refractivity contribution in [3.63, 3.8) is 0 Å². The van der Waals surface area contributed by atoms with Crippen LogP contribution in [0.25, 0.3) is 0 Å². The Balaban J connectivity index is 2.77. The highest BCUT2D eigenvalue weighted by Crippen LogP contribution is 2.35. The first-order valence-electron chi connectivity index (χ1n) is 5.53. The minimum atomic E-state index is 0.168. The van der Waals surface area contributed by atoms with Crippen LogP contribution in [0.4, 0.5) is 0 Å². The van der Waals surface area contributed by atoms with Crippen molar-refractivity contribution in [3.05, 3.63) is 22.2 Å². The Morgan fingerprint density at radius 1 is 1.38 bits per heavy atom. The largest absolute Gasteiger partial charge is 0.503 e. The minimum Gasteiger partial charge on any atom is -0.503 e. The molecule has 0 spiro atoms. The van der Waals surface area contributed by atoms with Gasteiger partial charge in [0.2, 0.25) is 0 Å². The maximum Gasteiger partial charge on any atom is 0.172 e. The zero-order valence-electron chi connectivity index (χ0n) is 9.72. The summed E-state index contributed by atoms with van der Waals surface area (Å²) in [7, 11) is 0. The maximum atomic E-state index is 9.73. The summed E-state index contributed by atoms with van der Waals surface area (Å²) in [6.07, 6.45) is 1.11. The van der Waals surface area contributed by atoms with Gasteiger partial charge < -0.3 is 15.2 Å². The molecule has 0 amide bonds. The average molecular weight is 288 g/mol. The summed E-state index contributed by atoms with van der Waals surface area (Å²) in [6.45, 7) is 6.35. The van der Waals surface area contributed by atoms with Crippen LogP contribution in [0, 0.1) is 0 Å². The van der Waals surface area contributed by atoms with Crippen molar-refractivity contribution in [1.29, 1.82) is 0 Å². The molecule has 2 N–H and O–H groups in total. The van der Waals surface area contributed by atoms with Crippen molar-refractivity contribution >= 4 is 15.9 Å². The molecule has 1 aromatic carbocycles. The van der Waals surface area contributed by atoms with E-state index in [9.17, 15) is 5.11 Å². The predicted molar refractivity (Wildman–Crippen MR) is 69.0 cm³/mol. The Bertz CT molecular complexity index is 342. The number of phenols is 1. The van der Waals surface area contributed by atoms with Crippen molar-refractivity contribution in [1.82, 2.24) is 5.32 Å². The highest BCUT2D eigenvalue weighted by Gasteiger charge is 2.08. The minimum absolute atomic E-state index is 0.168. The van der Waals surface area contributed by atoms with Gasteiger partial charge in [0, 0.05) is 6.54 Å². The fourth-order valence-electron chi connectivity index (χ4n) is 1.40. The van der Waals surface area contributed by atoms with E-state index in [2.05, 4.69) is 28.2 Å². The molecule has 0 aliphatic carbocycles. The zero-order valence-corrected chi connectivity index (χ0v) is 11.3. The van der Waals surface area contributed by atoms with Crippen molar-refractivity contribution in [2.75, 3.05) is 13.2 Å². The molecule has 0 saturated carbocycles. The number of halogens is 1. The van der Waals surface area contributed by atoms with Crippen LogP contribution in [0.5, 0.6) is 11.5 Å². The van der Waals surface area contributed by atoms with Gasteiger partial charge in [-0.1, -0.05) is 6.92 Å². The van der Waals surface area contributed by atoms with E-state index in [1.165, 1.54) is 0 Å². The van der Waals surface area contributed by atoms with Gasteiger partial charge in [0.05, 0.1) is 11.1 Å². The lowest BCUT2D eigenvalue weighted by molar-refractivity contribution is 0.317. The van der Waals surface area contributed by atoms with E-state index in [0.717, 1.165) is 25.1 Å². The van der Waals surface area contributed by atoms with Gasteiger partial charge in [-0.3, -0.25) is 0 Å². The molecule has 0 bridgehead atoms. The van der Waals surface area contributed by atoms with Crippen LogP contribution in [-0.2, 0) is 6.54 Å². The summed E-state index contributed by atoms with van der Waals surface area (Å²) >= 11 is 3.32. The molecular weight excluding hydrogens is 270 g/mol. The Hall–Kier alpha value is -0.740. The van der Waals surface area contributed by atoms with E-state index in [0.29, 0.717) is 16.8 Å². The van der Waals surface area contributed by atoms with Crippen LogP contribution in [0.1, 0.15) is 25.8 Å². The molecule has 0 atom stereocenters. The first-order valence-corrected chi connectivity index (χ1v) is 6.33. The summed E-state index contributed by atoms with van der Waals surface area (Å²) in [6, 6.07) is 3.77.